The van der Waals surface area contributed by atoms with Crippen molar-refractivity contribution >= 4 is 29.4 Å². The van der Waals surface area contributed by atoms with E-state index in [-0.39, 0.29) is 24.7 Å². The normalized spacial score (nSPS) is 18.8. The summed E-state index contributed by atoms with van der Waals surface area (Å²) in [5, 5.41) is 18.8. The van der Waals surface area contributed by atoms with Gasteiger partial charge in [-0.25, -0.2) is 4.79 Å². The van der Waals surface area contributed by atoms with E-state index >= 15 is 0 Å². The Kier molecular flexibility index (Phi) is 5.98. The van der Waals surface area contributed by atoms with Gasteiger partial charge in [-0.1, -0.05) is 35.8 Å². The average Bonchev–Trinajstić information content (AvgIpc) is 3.04. The number of carboxylic acids is 1. The van der Waals surface area contributed by atoms with E-state index in [1.165, 1.54) is 0 Å². The predicted octanol–water partition coefficient (Wildman–Crippen LogP) is 3.05. The van der Waals surface area contributed by atoms with Crippen molar-refractivity contribution in [2.75, 3.05) is 18.4 Å². The van der Waals surface area contributed by atoms with E-state index in [2.05, 4.69) is 15.8 Å². The quantitative estimate of drug-likeness (QED) is 0.668. The number of likely N-dealkylation sites (N-methyl/N-ethyl adjacent to an activating group) is 1. The van der Waals surface area contributed by atoms with Gasteiger partial charge in [-0.3, -0.25) is 15.0 Å². The first-order valence-electron chi connectivity index (χ1n) is 8.70. The van der Waals surface area contributed by atoms with Gasteiger partial charge >= 0.3 is 12.0 Å². The molecule has 0 bridgehead atoms. The van der Waals surface area contributed by atoms with Crippen LogP contribution in [0.15, 0.2) is 34.9 Å². The second-order valence-electron chi connectivity index (χ2n) is 6.46. The molecule has 9 heteroatoms. The number of anilines is 1. The monoisotopic (exact) mass is 392 g/mol. The number of aliphatic carboxylic acids is 1. The van der Waals surface area contributed by atoms with Crippen molar-refractivity contribution in [3.05, 3.63) is 35.4 Å². The summed E-state index contributed by atoms with van der Waals surface area (Å²) in [5.74, 6) is -0.0317. The molecule has 0 atom stereocenters. The topological polar surface area (TPSA) is 108 Å². The SMILES string of the molecule is CCN(CC(=O)O)C1CC(NC(=O)Nc2cc(-c3cccc(Cl)c3)on2)C1. The van der Waals surface area contributed by atoms with Crippen LogP contribution in [0.3, 0.4) is 0 Å². The van der Waals surface area contributed by atoms with Crippen molar-refractivity contribution in [3.63, 3.8) is 0 Å². The predicted molar refractivity (Wildman–Crippen MR) is 101 cm³/mol. The molecule has 1 fully saturated rings. The summed E-state index contributed by atoms with van der Waals surface area (Å²) < 4.78 is 5.24. The minimum Gasteiger partial charge on any atom is -0.480 e. The summed E-state index contributed by atoms with van der Waals surface area (Å²) in [7, 11) is 0. The van der Waals surface area contributed by atoms with E-state index in [1.807, 2.05) is 17.9 Å². The Morgan fingerprint density at radius 3 is 2.81 bits per heavy atom. The van der Waals surface area contributed by atoms with Crippen molar-refractivity contribution < 1.29 is 19.2 Å². The van der Waals surface area contributed by atoms with Crippen LogP contribution in [0.1, 0.15) is 19.8 Å². The molecule has 0 aliphatic heterocycles. The zero-order valence-corrected chi connectivity index (χ0v) is 15.6. The molecule has 27 heavy (non-hydrogen) atoms. The third-order valence-electron chi connectivity index (χ3n) is 4.57. The van der Waals surface area contributed by atoms with Crippen LogP contribution in [0, 0.1) is 0 Å². The van der Waals surface area contributed by atoms with Crippen molar-refractivity contribution in [2.45, 2.75) is 31.8 Å². The number of carbonyl (C=O) groups excluding carboxylic acids is 1. The zero-order valence-electron chi connectivity index (χ0n) is 14.8. The number of hydrogen-bond donors (Lipinski definition) is 3. The maximum Gasteiger partial charge on any atom is 0.320 e. The highest BCUT2D eigenvalue weighted by Gasteiger charge is 2.34. The molecule has 3 N–H and O–H groups in total. The first-order valence-corrected chi connectivity index (χ1v) is 9.08. The molecule has 0 saturated heterocycles. The molecule has 2 amide bonds. The maximum atomic E-state index is 12.1. The van der Waals surface area contributed by atoms with Crippen LogP contribution < -0.4 is 10.6 Å². The summed E-state index contributed by atoms with van der Waals surface area (Å²) in [5.41, 5.74) is 0.767. The molecule has 0 radical (unpaired) electrons. The van der Waals surface area contributed by atoms with Crippen LogP contribution in [0.25, 0.3) is 11.3 Å². The fourth-order valence-corrected chi connectivity index (χ4v) is 3.32. The van der Waals surface area contributed by atoms with E-state index in [0.29, 0.717) is 23.1 Å². The van der Waals surface area contributed by atoms with Crippen molar-refractivity contribution in [1.82, 2.24) is 15.4 Å². The molecule has 8 nitrogen and oxygen atoms in total. The lowest BCUT2D eigenvalue weighted by atomic mass is 9.85. The summed E-state index contributed by atoms with van der Waals surface area (Å²) in [6.45, 7) is 2.62. The number of benzene rings is 1. The lowest BCUT2D eigenvalue weighted by Gasteiger charge is -2.42. The highest BCUT2D eigenvalue weighted by molar-refractivity contribution is 6.30. The van der Waals surface area contributed by atoms with Gasteiger partial charge in [0.05, 0.1) is 6.54 Å². The molecular formula is C18H21ClN4O4. The average molecular weight is 393 g/mol. The highest BCUT2D eigenvalue weighted by atomic mass is 35.5. The molecule has 1 heterocycles. The molecule has 0 spiro atoms. The number of hydrogen-bond acceptors (Lipinski definition) is 5. The Morgan fingerprint density at radius 2 is 2.15 bits per heavy atom. The van der Waals surface area contributed by atoms with Crippen LogP contribution in [0.5, 0.6) is 0 Å². The number of nitrogens with zero attached hydrogens (tertiary/aromatic N) is 2. The number of amides is 2. The van der Waals surface area contributed by atoms with Gasteiger partial charge < -0.3 is 14.9 Å². The van der Waals surface area contributed by atoms with Gasteiger partial charge in [0, 0.05) is 28.7 Å². The number of halogens is 1. The maximum absolute atomic E-state index is 12.1. The van der Waals surface area contributed by atoms with Gasteiger partial charge in [-0.05, 0) is 31.5 Å². The van der Waals surface area contributed by atoms with Crippen molar-refractivity contribution in [3.8, 4) is 11.3 Å². The van der Waals surface area contributed by atoms with E-state index in [1.54, 1.807) is 24.3 Å². The molecular weight excluding hydrogens is 372 g/mol. The van der Waals surface area contributed by atoms with E-state index in [0.717, 1.165) is 18.4 Å². The number of carbonyl (C=O) groups is 2. The third kappa shape index (κ3) is 4.99. The first kappa shape index (κ1) is 19.2. The lowest BCUT2D eigenvalue weighted by Crippen LogP contribution is -2.55. The molecule has 3 rings (SSSR count). The summed E-state index contributed by atoms with van der Waals surface area (Å²) in [6.07, 6.45) is 1.45. The van der Waals surface area contributed by atoms with Crippen LogP contribution in [0.4, 0.5) is 10.6 Å². The third-order valence-corrected chi connectivity index (χ3v) is 4.81. The van der Waals surface area contributed by atoms with Crippen LogP contribution in [0.2, 0.25) is 5.02 Å². The number of nitrogens with one attached hydrogen (secondary N) is 2. The van der Waals surface area contributed by atoms with Gasteiger partial charge in [0.25, 0.3) is 0 Å². The van der Waals surface area contributed by atoms with Crippen LogP contribution in [-0.4, -0.2) is 52.3 Å². The Balaban J connectivity index is 1.48. The summed E-state index contributed by atoms with van der Waals surface area (Å²) in [4.78, 5) is 24.9. The summed E-state index contributed by atoms with van der Waals surface area (Å²) in [6, 6.07) is 8.59. The molecule has 1 aliphatic rings. The van der Waals surface area contributed by atoms with E-state index < -0.39 is 5.97 Å². The Bertz CT molecular complexity index is 819. The molecule has 1 aromatic carbocycles. The fraction of sp³-hybridized carbons (Fsp3) is 0.389. The Labute approximate surface area is 161 Å². The van der Waals surface area contributed by atoms with E-state index in [4.69, 9.17) is 21.2 Å². The lowest BCUT2D eigenvalue weighted by molar-refractivity contribution is -0.139. The molecule has 1 saturated carbocycles. The number of urea groups is 1. The molecule has 144 valence electrons. The van der Waals surface area contributed by atoms with Gasteiger partial charge in [-0.2, -0.15) is 0 Å². The first-order chi connectivity index (χ1) is 12.9. The molecule has 1 aliphatic carbocycles. The number of carboxylic acid groups (broad SMARTS) is 1. The van der Waals surface area contributed by atoms with Gasteiger partial charge in [0.1, 0.15) is 0 Å². The number of rotatable bonds is 7. The molecule has 0 unspecified atom stereocenters. The molecule has 2 aromatic rings. The minimum absolute atomic E-state index is 0.0112. The van der Waals surface area contributed by atoms with E-state index in [9.17, 15) is 9.59 Å². The Morgan fingerprint density at radius 1 is 1.37 bits per heavy atom. The van der Waals surface area contributed by atoms with Gasteiger partial charge in [0.2, 0.25) is 0 Å². The van der Waals surface area contributed by atoms with Gasteiger partial charge in [-0.15, -0.1) is 0 Å². The highest BCUT2D eigenvalue weighted by Crippen LogP contribution is 2.27. The van der Waals surface area contributed by atoms with Crippen molar-refractivity contribution in [1.29, 1.82) is 0 Å². The minimum atomic E-state index is -0.840. The van der Waals surface area contributed by atoms with Crippen LogP contribution >= 0.6 is 11.6 Å². The number of aromatic nitrogens is 1. The molecule has 1 aromatic heterocycles. The summed E-state index contributed by atoms with van der Waals surface area (Å²) >= 11 is 5.96. The van der Waals surface area contributed by atoms with Crippen LogP contribution in [-0.2, 0) is 4.79 Å². The smallest absolute Gasteiger partial charge is 0.320 e. The standard InChI is InChI=1S/C18H21ClN4O4/c1-2-23(10-17(24)25)14-7-13(8-14)20-18(26)21-16-9-15(27-22-16)11-4-3-5-12(19)6-11/h3-6,9,13-14H,2,7-8,10H2,1H3,(H,24,25)(H2,20,21,22,26). The zero-order chi connectivity index (χ0) is 19.4. The second-order valence-corrected chi connectivity index (χ2v) is 6.90. The second kappa shape index (κ2) is 8.41. The van der Waals surface area contributed by atoms with Gasteiger partial charge in [0.15, 0.2) is 11.6 Å². The fourth-order valence-electron chi connectivity index (χ4n) is 3.13. The Hall–Kier alpha value is -2.58. The van der Waals surface area contributed by atoms with Crippen molar-refractivity contribution in [2.24, 2.45) is 0 Å². The largest absolute Gasteiger partial charge is 0.480 e.